The van der Waals surface area contributed by atoms with Crippen LogP contribution in [0.3, 0.4) is 0 Å². The van der Waals surface area contributed by atoms with Crippen molar-refractivity contribution < 1.29 is 29.5 Å². The Bertz CT molecular complexity index is 1040. The summed E-state index contributed by atoms with van der Waals surface area (Å²) in [6, 6.07) is 14.1. The van der Waals surface area contributed by atoms with Crippen LogP contribution in [0.5, 0.6) is 0 Å². The number of carboxylic acids is 1. The van der Waals surface area contributed by atoms with Crippen molar-refractivity contribution in [2.45, 2.75) is 63.6 Å². The number of hydrogen-bond donors (Lipinski definition) is 4. The smallest absolute Gasteiger partial charge is 0.330 e. The molecule has 2 aromatic carbocycles. The van der Waals surface area contributed by atoms with E-state index < -0.39 is 29.9 Å². The van der Waals surface area contributed by atoms with Crippen LogP contribution in [0.1, 0.15) is 61.3 Å². The van der Waals surface area contributed by atoms with E-state index in [0.29, 0.717) is 24.8 Å². The number of unbranched alkanes of at least 4 members (excludes halogenated alkanes) is 3. The highest BCUT2D eigenvalue weighted by Gasteiger charge is 2.36. The standard InChI is InChI=1S/C26H31N3O6/c30-22(28-35)14-6-1-2-7-15-23(31)29-17-20-13-9-8-12-19(20)16-21(29)25(32)27-24(26(33)34)18-10-4-3-5-11-18/h3-5,8-13,21,24,35H,1-2,6-7,14-17H2,(H,27,32)(H,28,30)(H,33,34). The number of amides is 3. The molecule has 1 heterocycles. The highest BCUT2D eigenvalue weighted by Crippen LogP contribution is 2.25. The summed E-state index contributed by atoms with van der Waals surface area (Å²) in [5.74, 6) is -2.27. The molecule has 0 fully saturated rings. The van der Waals surface area contributed by atoms with Gasteiger partial charge in [0.05, 0.1) is 0 Å². The van der Waals surface area contributed by atoms with Crippen molar-refractivity contribution in [2.75, 3.05) is 0 Å². The Balaban J connectivity index is 1.67. The fourth-order valence-corrected chi connectivity index (χ4v) is 4.31. The van der Waals surface area contributed by atoms with E-state index in [0.717, 1.165) is 24.0 Å². The normalized spacial score (nSPS) is 15.6. The second kappa shape index (κ2) is 12.7. The minimum atomic E-state index is -1.21. The number of fused-ring (bicyclic) bond motifs is 1. The lowest BCUT2D eigenvalue weighted by Gasteiger charge is -2.36. The number of hydrogen-bond acceptors (Lipinski definition) is 5. The van der Waals surface area contributed by atoms with Crippen LogP contribution in [0.25, 0.3) is 0 Å². The molecule has 35 heavy (non-hydrogen) atoms. The summed E-state index contributed by atoms with van der Waals surface area (Å²) in [5.41, 5.74) is 3.99. The third-order valence-corrected chi connectivity index (χ3v) is 6.21. The molecule has 0 spiro atoms. The van der Waals surface area contributed by atoms with E-state index in [9.17, 15) is 24.3 Å². The summed E-state index contributed by atoms with van der Waals surface area (Å²) >= 11 is 0. The molecule has 3 rings (SSSR count). The van der Waals surface area contributed by atoms with Gasteiger partial charge in [0, 0.05) is 25.8 Å². The van der Waals surface area contributed by atoms with Crippen LogP contribution < -0.4 is 10.8 Å². The molecule has 0 bridgehead atoms. The Kier molecular flexibility index (Phi) is 9.37. The van der Waals surface area contributed by atoms with Gasteiger partial charge in [-0.05, 0) is 29.5 Å². The second-order valence-electron chi connectivity index (χ2n) is 8.65. The Labute approximate surface area is 204 Å². The first-order valence-corrected chi connectivity index (χ1v) is 11.8. The highest BCUT2D eigenvalue weighted by atomic mass is 16.5. The number of carboxylic acid groups (broad SMARTS) is 1. The molecule has 9 heteroatoms. The number of nitrogens with zero attached hydrogens (tertiary/aromatic N) is 1. The number of carbonyl (C=O) groups excluding carboxylic acids is 3. The van der Waals surface area contributed by atoms with Gasteiger partial charge in [-0.1, -0.05) is 67.4 Å². The van der Waals surface area contributed by atoms with Gasteiger partial charge in [0.15, 0.2) is 6.04 Å². The van der Waals surface area contributed by atoms with Crippen molar-refractivity contribution >= 4 is 23.7 Å². The molecule has 2 atom stereocenters. The summed E-state index contributed by atoms with van der Waals surface area (Å²) < 4.78 is 0. The maximum atomic E-state index is 13.3. The summed E-state index contributed by atoms with van der Waals surface area (Å²) in [4.78, 5) is 50.9. The predicted molar refractivity (Wildman–Crippen MR) is 127 cm³/mol. The van der Waals surface area contributed by atoms with Crippen LogP contribution in [0.2, 0.25) is 0 Å². The summed E-state index contributed by atoms with van der Waals surface area (Å²) in [5, 5.41) is 20.9. The van der Waals surface area contributed by atoms with Crippen molar-refractivity contribution in [3.05, 3.63) is 71.3 Å². The van der Waals surface area contributed by atoms with Crippen LogP contribution in [-0.4, -0.2) is 44.9 Å². The number of rotatable bonds is 11. The van der Waals surface area contributed by atoms with Gasteiger partial charge < -0.3 is 15.3 Å². The molecule has 2 aromatic rings. The Morgan fingerprint density at radius 2 is 1.51 bits per heavy atom. The molecular formula is C26H31N3O6. The Morgan fingerprint density at radius 1 is 0.886 bits per heavy atom. The quantitative estimate of drug-likeness (QED) is 0.221. The van der Waals surface area contributed by atoms with Crippen molar-refractivity contribution in [3.63, 3.8) is 0 Å². The van der Waals surface area contributed by atoms with Gasteiger partial charge in [-0.3, -0.25) is 19.6 Å². The van der Waals surface area contributed by atoms with Crippen molar-refractivity contribution in [3.8, 4) is 0 Å². The minimum Gasteiger partial charge on any atom is -0.479 e. The first kappa shape index (κ1) is 25.9. The molecule has 0 saturated carbocycles. The molecule has 0 aliphatic carbocycles. The van der Waals surface area contributed by atoms with Crippen LogP contribution >= 0.6 is 0 Å². The van der Waals surface area contributed by atoms with E-state index in [1.54, 1.807) is 40.7 Å². The molecule has 0 aromatic heterocycles. The van der Waals surface area contributed by atoms with Crippen LogP contribution in [0, 0.1) is 0 Å². The van der Waals surface area contributed by atoms with E-state index in [1.165, 1.54) is 0 Å². The lowest BCUT2D eigenvalue weighted by atomic mass is 9.92. The predicted octanol–water partition coefficient (Wildman–Crippen LogP) is 2.73. The van der Waals surface area contributed by atoms with Crippen molar-refractivity contribution in [2.24, 2.45) is 0 Å². The van der Waals surface area contributed by atoms with E-state index >= 15 is 0 Å². The fourth-order valence-electron chi connectivity index (χ4n) is 4.31. The van der Waals surface area contributed by atoms with Crippen LogP contribution in [0.4, 0.5) is 0 Å². The monoisotopic (exact) mass is 481 g/mol. The van der Waals surface area contributed by atoms with E-state index in [4.69, 9.17) is 5.21 Å². The molecule has 3 amide bonds. The maximum absolute atomic E-state index is 13.3. The average Bonchev–Trinajstić information content (AvgIpc) is 2.88. The molecule has 4 N–H and O–H groups in total. The summed E-state index contributed by atoms with van der Waals surface area (Å²) in [6.45, 7) is 0.285. The molecule has 1 aliphatic rings. The van der Waals surface area contributed by atoms with Crippen LogP contribution in [0.15, 0.2) is 54.6 Å². The Morgan fingerprint density at radius 3 is 2.17 bits per heavy atom. The van der Waals surface area contributed by atoms with E-state index in [1.807, 2.05) is 24.3 Å². The first-order chi connectivity index (χ1) is 16.9. The molecule has 186 valence electrons. The molecule has 9 nitrogen and oxygen atoms in total. The molecule has 0 saturated heterocycles. The van der Waals surface area contributed by atoms with Gasteiger partial charge >= 0.3 is 5.97 Å². The minimum absolute atomic E-state index is 0.167. The third-order valence-electron chi connectivity index (χ3n) is 6.21. The highest BCUT2D eigenvalue weighted by molar-refractivity contribution is 5.91. The lowest BCUT2D eigenvalue weighted by molar-refractivity contribution is -0.145. The maximum Gasteiger partial charge on any atom is 0.330 e. The zero-order valence-electron chi connectivity index (χ0n) is 19.5. The van der Waals surface area contributed by atoms with E-state index in [2.05, 4.69) is 5.32 Å². The number of nitrogens with one attached hydrogen (secondary N) is 2. The van der Waals surface area contributed by atoms with Gasteiger partial charge in [-0.25, -0.2) is 10.3 Å². The number of hydroxylamine groups is 1. The molecule has 0 radical (unpaired) electrons. The Hall–Kier alpha value is -3.72. The van der Waals surface area contributed by atoms with E-state index in [-0.39, 0.29) is 25.3 Å². The zero-order chi connectivity index (χ0) is 25.2. The molecule has 2 unspecified atom stereocenters. The average molecular weight is 482 g/mol. The second-order valence-corrected chi connectivity index (χ2v) is 8.65. The summed E-state index contributed by atoms with van der Waals surface area (Å²) in [7, 11) is 0. The van der Waals surface area contributed by atoms with Gasteiger partial charge in [-0.2, -0.15) is 0 Å². The topological polar surface area (TPSA) is 136 Å². The van der Waals surface area contributed by atoms with Crippen molar-refractivity contribution in [1.82, 2.24) is 15.7 Å². The largest absolute Gasteiger partial charge is 0.479 e. The third kappa shape index (κ3) is 7.13. The fraction of sp³-hybridized carbons (Fsp3) is 0.385. The number of carbonyl (C=O) groups is 4. The molecular weight excluding hydrogens is 450 g/mol. The van der Waals surface area contributed by atoms with Gasteiger partial charge in [0.25, 0.3) is 0 Å². The van der Waals surface area contributed by atoms with Gasteiger partial charge in [-0.15, -0.1) is 0 Å². The first-order valence-electron chi connectivity index (χ1n) is 11.8. The van der Waals surface area contributed by atoms with Crippen molar-refractivity contribution in [1.29, 1.82) is 0 Å². The SMILES string of the molecule is O=C(CCCCCCC(=O)N1Cc2ccccc2CC1C(=O)NC(C(=O)O)c1ccccc1)NO. The van der Waals surface area contributed by atoms with Gasteiger partial charge in [0.2, 0.25) is 17.7 Å². The summed E-state index contributed by atoms with van der Waals surface area (Å²) in [6.07, 6.45) is 3.48. The molecule has 1 aliphatic heterocycles. The number of aliphatic carboxylic acids is 1. The lowest BCUT2D eigenvalue weighted by Crippen LogP contribution is -2.53. The zero-order valence-corrected chi connectivity index (χ0v) is 19.5. The number of benzene rings is 2. The van der Waals surface area contributed by atoms with Crippen LogP contribution in [-0.2, 0) is 32.1 Å². The van der Waals surface area contributed by atoms with Gasteiger partial charge in [0.1, 0.15) is 6.04 Å².